The minimum atomic E-state index is -0.0205. The first-order chi connectivity index (χ1) is 8.49. The molecule has 1 unspecified atom stereocenters. The van der Waals surface area contributed by atoms with Crippen molar-refractivity contribution in [2.45, 2.75) is 26.3 Å². The molecule has 1 atom stereocenters. The van der Waals surface area contributed by atoms with Gasteiger partial charge >= 0.3 is 0 Å². The van der Waals surface area contributed by atoms with Gasteiger partial charge < -0.3 is 15.4 Å². The van der Waals surface area contributed by atoms with E-state index in [2.05, 4.69) is 13.8 Å². The van der Waals surface area contributed by atoms with Crippen molar-refractivity contribution in [3.8, 4) is 5.75 Å². The van der Waals surface area contributed by atoms with Crippen LogP contribution in [-0.4, -0.2) is 25.6 Å². The third-order valence-electron chi connectivity index (χ3n) is 3.44. The summed E-state index contributed by atoms with van der Waals surface area (Å²) in [5, 5.41) is 0. The molecule has 1 aliphatic heterocycles. The van der Waals surface area contributed by atoms with Crippen LogP contribution in [0.1, 0.15) is 19.4 Å². The number of anilines is 1. The zero-order chi connectivity index (χ0) is 13.3. The minimum Gasteiger partial charge on any atom is -0.482 e. The lowest BCUT2D eigenvalue weighted by atomic mass is 9.97. The van der Waals surface area contributed by atoms with E-state index in [0.717, 1.165) is 23.4 Å². The molecule has 2 N–H and O–H groups in total. The number of carbonyl (C=O) groups excluding carboxylic acids is 1. The number of benzene rings is 1. The van der Waals surface area contributed by atoms with E-state index in [4.69, 9.17) is 10.5 Å². The van der Waals surface area contributed by atoms with E-state index in [1.54, 1.807) is 11.9 Å². The van der Waals surface area contributed by atoms with Crippen molar-refractivity contribution >= 4 is 11.6 Å². The fraction of sp³-hybridized carbons (Fsp3) is 0.500. The Kier molecular flexibility index (Phi) is 3.57. The quantitative estimate of drug-likeness (QED) is 0.883. The van der Waals surface area contributed by atoms with Crippen molar-refractivity contribution in [3.05, 3.63) is 23.8 Å². The number of carbonyl (C=O) groups is 1. The molecule has 0 fully saturated rings. The van der Waals surface area contributed by atoms with Crippen LogP contribution in [0.25, 0.3) is 0 Å². The first-order valence-corrected chi connectivity index (χ1v) is 6.27. The van der Waals surface area contributed by atoms with Gasteiger partial charge in [0.1, 0.15) is 5.75 Å². The van der Waals surface area contributed by atoms with Gasteiger partial charge in [0.2, 0.25) is 0 Å². The van der Waals surface area contributed by atoms with Crippen LogP contribution >= 0.6 is 0 Å². The minimum absolute atomic E-state index is 0.0205. The highest BCUT2D eigenvalue weighted by atomic mass is 16.5. The Bertz CT molecular complexity index is 457. The number of nitrogens with two attached hydrogens (primary N) is 1. The summed E-state index contributed by atoms with van der Waals surface area (Å²) in [4.78, 5) is 13.2. The number of fused-ring (bicyclic) bond motifs is 1. The number of likely N-dealkylation sites (N-methyl/N-ethyl adjacent to an activating group) is 1. The van der Waals surface area contributed by atoms with Gasteiger partial charge in [0.05, 0.1) is 5.69 Å². The molecule has 1 aliphatic rings. The standard InChI is InChI=1S/C14H20N2O2/c1-9(2)11(15)6-10-4-5-13-12(7-10)16(3)14(17)8-18-13/h4-5,7,9,11H,6,8,15H2,1-3H3. The van der Waals surface area contributed by atoms with Crippen molar-refractivity contribution < 1.29 is 9.53 Å². The number of nitrogens with zero attached hydrogens (tertiary/aromatic N) is 1. The summed E-state index contributed by atoms with van der Waals surface area (Å²) in [5.41, 5.74) is 8.05. The molecule has 0 spiro atoms. The predicted molar refractivity (Wildman–Crippen MR) is 71.9 cm³/mol. The number of hydrogen-bond acceptors (Lipinski definition) is 3. The van der Waals surface area contributed by atoms with Crippen LogP contribution in [0.4, 0.5) is 5.69 Å². The highest BCUT2D eigenvalue weighted by Crippen LogP contribution is 2.32. The van der Waals surface area contributed by atoms with E-state index in [0.29, 0.717) is 5.92 Å². The highest BCUT2D eigenvalue weighted by Gasteiger charge is 2.22. The Morgan fingerprint density at radius 3 is 2.83 bits per heavy atom. The van der Waals surface area contributed by atoms with Gasteiger partial charge in [0.25, 0.3) is 5.91 Å². The summed E-state index contributed by atoms with van der Waals surface area (Å²) in [6.07, 6.45) is 0.812. The van der Waals surface area contributed by atoms with Gasteiger partial charge in [-0.1, -0.05) is 19.9 Å². The predicted octanol–water partition coefficient (Wildman–Crippen LogP) is 1.57. The second kappa shape index (κ2) is 4.98. The summed E-state index contributed by atoms with van der Waals surface area (Å²) in [6.45, 7) is 4.35. The molecule has 0 aromatic heterocycles. The summed E-state index contributed by atoms with van der Waals surface area (Å²) in [5.74, 6) is 1.18. The molecule has 0 saturated carbocycles. The molecule has 0 saturated heterocycles. The Labute approximate surface area is 108 Å². The van der Waals surface area contributed by atoms with Crippen LogP contribution < -0.4 is 15.4 Å². The smallest absolute Gasteiger partial charge is 0.264 e. The molecule has 1 heterocycles. The third kappa shape index (κ3) is 2.48. The lowest BCUT2D eigenvalue weighted by Crippen LogP contribution is -2.35. The van der Waals surface area contributed by atoms with Gasteiger partial charge in [-0.25, -0.2) is 0 Å². The maximum atomic E-state index is 11.6. The monoisotopic (exact) mass is 248 g/mol. The van der Waals surface area contributed by atoms with Crippen molar-refractivity contribution in [2.75, 3.05) is 18.6 Å². The molecule has 0 bridgehead atoms. The fourth-order valence-corrected chi connectivity index (χ4v) is 1.95. The number of hydrogen-bond donors (Lipinski definition) is 1. The molecule has 0 aliphatic carbocycles. The Balaban J connectivity index is 2.23. The van der Waals surface area contributed by atoms with Gasteiger partial charge in [0, 0.05) is 13.1 Å². The third-order valence-corrected chi connectivity index (χ3v) is 3.44. The SMILES string of the molecule is CC(C)C(N)Cc1ccc2c(c1)N(C)C(=O)CO2. The molecule has 1 amide bonds. The first-order valence-electron chi connectivity index (χ1n) is 6.27. The van der Waals surface area contributed by atoms with Crippen LogP contribution in [0.3, 0.4) is 0 Å². The topological polar surface area (TPSA) is 55.6 Å². The largest absolute Gasteiger partial charge is 0.482 e. The zero-order valence-corrected chi connectivity index (χ0v) is 11.1. The van der Waals surface area contributed by atoms with Gasteiger partial charge in [-0.3, -0.25) is 4.79 Å². The van der Waals surface area contributed by atoms with Crippen LogP contribution in [0.2, 0.25) is 0 Å². The second-order valence-electron chi connectivity index (χ2n) is 5.16. The molecular weight excluding hydrogens is 228 g/mol. The molecule has 18 heavy (non-hydrogen) atoms. The molecular formula is C14H20N2O2. The van der Waals surface area contributed by atoms with E-state index in [1.165, 1.54) is 0 Å². The summed E-state index contributed by atoms with van der Waals surface area (Å²) >= 11 is 0. The van der Waals surface area contributed by atoms with E-state index >= 15 is 0 Å². The highest BCUT2D eigenvalue weighted by molar-refractivity contribution is 5.97. The van der Waals surface area contributed by atoms with Gasteiger partial charge in [0.15, 0.2) is 6.61 Å². The zero-order valence-electron chi connectivity index (χ0n) is 11.1. The fourth-order valence-electron chi connectivity index (χ4n) is 1.95. The molecule has 2 rings (SSSR count). The Morgan fingerprint density at radius 2 is 2.17 bits per heavy atom. The molecule has 0 radical (unpaired) electrons. The average molecular weight is 248 g/mol. The van der Waals surface area contributed by atoms with Crippen LogP contribution in [-0.2, 0) is 11.2 Å². The molecule has 4 nitrogen and oxygen atoms in total. The average Bonchev–Trinajstić information content (AvgIpc) is 2.34. The molecule has 4 heteroatoms. The van der Waals surface area contributed by atoms with Gasteiger partial charge in [-0.05, 0) is 30.0 Å². The normalized spacial score (nSPS) is 16.5. The summed E-state index contributed by atoms with van der Waals surface area (Å²) < 4.78 is 5.39. The van der Waals surface area contributed by atoms with E-state index < -0.39 is 0 Å². The van der Waals surface area contributed by atoms with Crippen molar-refractivity contribution in [1.82, 2.24) is 0 Å². The maximum Gasteiger partial charge on any atom is 0.264 e. The first kappa shape index (κ1) is 12.9. The number of amides is 1. The number of rotatable bonds is 3. The lowest BCUT2D eigenvalue weighted by Gasteiger charge is -2.27. The van der Waals surface area contributed by atoms with E-state index in [1.807, 2.05) is 18.2 Å². The van der Waals surface area contributed by atoms with Gasteiger partial charge in [-0.2, -0.15) is 0 Å². The number of ether oxygens (including phenoxy) is 1. The van der Waals surface area contributed by atoms with E-state index in [-0.39, 0.29) is 18.6 Å². The molecule has 1 aromatic carbocycles. The maximum absolute atomic E-state index is 11.6. The Hall–Kier alpha value is -1.55. The lowest BCUT2D eigenvalue weighted by molar-refractivity contribution is -0.120. The Morgan fingerprint density at radius 1 is 1.44 bits per heavy atom. The summed E-state index contributed by atoms with van der Waals surface area (Å²) in [7, 11) is 1.77. The van der Waals surface area contributed by atoms with Gasteiger partial charge in [-0.15, -0.1) is 0 Å². The van der Waals surface area contributed by atoms with E-state index in [9.17, 15) is 4.79 Å². The molecule has 1 aromatic rings. The van der Waals surface area contributed by atoms with Crippen molar-refractivity contribution in [1.29, 1.82) is 0 Å². The van der Waals surface area contributed by atoms with Crippen LogP contribution in [0.5, 0.6) is 5.75 Å². The second-order valence-corrected chi connectivity index (χ2v) is 5.16. The summed E-state index contributed by atoms with van der Waals surface area (Å²) in [6, 6.07) is 6.06. The van der Waals surface area contributed by atoms with Crippen LogP contribution in [0, 0.1) is 5.92 Å². The van der Waals surface area contributed by atoms with Crippen molar-refractivity contribution in [3.63, 3.8) is 0 Å². The van der Waals surface area contributed by atoms with Crippen LogP contribution in [0.15, 0.2) is 18.2 Å². The molecule has 98 valence electrons. The van der Waals surface area contributed by atoms with Crippen molar-refractivity contribution in [2.24, 2.45) is 11.7 Å².